The number of pyridine rings is 1. The molecule has 1 aliphatic rings. The fourth-order valence-corrected chi connectivity index (χ4v) is 3.48. The number of para-hydroxylation sites is 1. The first-order chi connectivity index (χ1) is 9.25. The van der Waals surface area contributed by atoms with E-state index in [1.165, 1.54) is 22.3 Å². The molecule has 0 spiro atoms. The molecule has 0 radical (unpaired) electrons. The fraction of sp³-hybridized carbons (Fsp3) is 0.400. The summed E-state index contributed by atoms with van der Waals surface area (Å²) in [6.07, 6.45) is 0. The van der Waals surface area contributed by atoms with Crippen LogP contribution in [0.15, 0.2) is 24.3 Å². The summed E-state index contributed by atoms with van der Waals surface area (Å²) >= 11 is 1.95. The number of aromatic nitrogens is 1. The van der Waals surface area contributed by atoms with Gasteiger partial charge in [-0.15, -0.1) is 0 Å². The first kappa shape index (κ1) is 12.8. The molecule has 0 bridgehead atoms. The van der Waals surface area contributed by atoms with Crippen LogP contribution in [0.2, 0.25) is 0 Å². The molecule has 0 amide bonds. The molecule has 2 heterocycles. The minimum absolute atomic E-state index is 0.970. The molecule has 0 unspecified atom stereocenters. The van der Waals surface area contributed by atoms with Gasteiger partial charge in [-0.25, -0.2) is 0 Å². The zero-order valence-electron chi connectivity index (χ0n) is 11.4. The van der Waals surface area contributed by atoms with Crippen LogP contribution in [-0.4, -0.2) is 37.1 Å². The molecule has 19 heavy (non-hydrogen) atoms. The molecule has 0 atom stereocenters. The van der Waals surface area contributed by atoms with Crippen molar-refractivity contribution in [2.45, 2.75) is 11.5 Å². The maximum Gasteiger partial charge on any atom is 0.0726 e. The Morgan fingerprint density at radius 1 is 1.26 bits per heavy atom. The van der Waals surface area contributed by atoms with Crippen molar-refractivity contribution < 1.29 is 0 Å². The van der Waals surface area contributed by atoms with E-state index in [4.69, 9.17) is 4.98 Å². The molecule has 100 valence electrons. The van der Waals surface area contributed by atoms with Gasteiger partial charge in [0, 0.05) is 41.2 Å². The molecule has 3 nitrogen and oxygen atoms in total. The molecule has 1 aliphatic heterocycles. The van der Waals surface area contributed by atoms with Gasteiger partial charge < -0.3 is 10.2 Å². The van der Waals surface area contributed by atoms with Crippen LogP contribution < -0.4 is 5.32 Å². The molecule has 0 saturated heterocycles. The van der Waals surface area contributed by atoms with Gasteiger partial charge in [-0.2, -0.15) is 11.8 Å². The van der Waals surface area contributed by atoms with Crippen LogP contribution in [0, 0.1) is 0 Å². The van der Waals surface area contributed by atoms with Crippen molar-refractivity contribution in [2.24, 2.45) is 0 Å². The van der Waals surface area contributed by atoms with Crippen LogP contribution in [0.4, 0.5) is 5.69 Å². The largest absolute Gasteiger partial charge is 0.383 e. The molecule has 0 fully saturated rings. The Labute approximate surface area is 118 Å². The number of likely N-dealkylation sites (N-methyl/N-ethyl adjacent to an activating group) is 1. The molecular formula is C15H19N3S. The highest BCUT2D eigenvalue weighted by Crippen LogP contribution is 2.37. The van der Waals surface area contributed by atoms with Crippen molar-refractivity contribution in [1.82, 2.24) is 9.88 Å². The molecule has 0 saturated carbocycles. The minimum atomic E-state index is 0.970. The van der Waals surface area contributed by atoms with Gasteiger partial charge in [0.05, 0.1) is 11.2 Å². The monoisotopic (exact) mass is 273 g/mol. The first-order valence-corrected chi connectivity index (χ1v) is 7.78. The van der Waals surface area contributed by atoms with Gasteiger partial charge in [0.25, 0.3) is 0 Å². The van der Waals surface area contributed by atoms with Crippen LogP contribution in [0.25, 0.3) is 10.9 Å². The Morgan fingerprint density at radius 3 is 2.95 bits per heavy atom. The minimum Gasteiger partial charge on any atom is -0.383 e. The maximum atomic E-state index is 4.79. The lowest BCUT2D eigenvalue weighted by atomic mass is 10.1. The van der Waals surface area contributed by atoms with E-state index in [1.807, 2.05) is 11.8 Å². The summed E-state index contributed by atoms with van der Waals surface area (Å²) in [6, 6.07) is 8.43. The van der Waals surface area contributed by atoms with E-state index in [1.54, 1.807) is 0 Å². The van der Waals surface area contributed by atoms with E-state index in [0.717, 1.165) is 30.1 Å². The van der Waals surface area contributed by atoms with Crippen LogP contribution in [0.3, 0.4) is 0 Å². The molecule has 1 N–H and O–H groups in total. The maximum absolute atomic E-state index is 4.79. The summed E-state index contributed by atoms with van der Waals surface area (Å²) in [5.41, 5.74) is 5.07. The number of nitrogens with zero attached hydrogens (tertiary/aromatic N) is 2. The average Bonchev–Trinajstić information content (AvgIpc) is 2.85. The van der Waals surface area contributed by atoms with Crippen molar-refractivity contribution in [1.29, 1.82) is 0 Å². The highest BCUT2D eigenvalue weighted by molar-refractivity contribution is 7.98. The van der Waals surface area contributed by atoms with Gasteiger partial charge in [-0.1, -0.05) is 18.2 Å². The Bertz CT molecular complexity index is 595. The Balaban J connectivity index is 2.00. The van der Waals surface area contributed by atoms with Gasteiger partial charge in [-0.3, -0.25) is 4.98 Å². The number of nitrogens with one attached hydrogen (secondary N) is 1. The van der Waals surface area contributed by atoms with Crippen molar-refractivity contribution in [3.05, 3.63) is 35.5 Å². The average molecular weight is 273 g/mol. The van der Waals surface area contributed by atoms with Crippen molar-refractivity contribution in [3.63, 3.8) is 0 Å². The third kappa shape index (κ3) is 2.55. The number of hydrogen-bond acceptors (Lipinski definition) is 4. The second kappa shape index (κ2) is 5.39. The quantitative estimate of drug-likeness (QED) is 0.927. The van der Waals surface area contributed by atoms with Crippen LogP contribution in [0.1, 0.15) is 11.3 Å². The number of benzene rings is 1. The normalized spacial score (nSPS) is 14.1. The molecule has 1 aromatic carbocycles. The van der Waals surface area contributed by atoms with E-state index in [-0.39, 0.29) is 0 Å². The molecule has 3 rings (SSSR count). The van der Waals surface area contributed by atoms with E-state index in [2.05, 4.69) is 48.6 Å². The highest BCUT2D eigenvalue weighted by Gasteiger charge is 2.19. The lowest BCUT2D eigenvalue weighted by Gasteiger charge is -2.16. The predicted octanol–water partition coefficient (Wildman–Crippen LogP) is 2.96. The molecule has 0 aliphatic carbocycles. The number of rotatable bonds is 4. The first-order valence-electron chi connectivity index (χ1n) is 6.62. The van der Waals surface area contributed by atoms with Crippen LogP contribution in [-0.2, 0) is 11.5 Å². The van der Waals surface area contributed by atoms with Gasteiger partial charge in [0.2, 0.25) is 0 Å². The Hall–Kier alpha value is -1.26. The van der Waals surface area contributed by atoms with Gasteiger partial charge in [-0.05, 0) is 20.2 Å². The van der Waals surface area contributed by atoms with E-state index in [0.29, 0.717) is 0 Å². The number of thioether (sulfide) groups is 1. The summed E-state index contributed by atoms with van der Waals surface area (Å²) in [5.74, 6) is 2.12. The number of anilines is 1. The van der Waals surface area contributed by atoms with Crippen molar-refractivity contribution in [3.8, 4) is 0 Å². The van der Waals surface area contributed by atoms with E-state index in [9.17, 15) is 0 Å². The Morgan fingerprint density at radius 2 is 2.11 bits per heavy atom. The lowest BCUT2D eigenvalue weighted by Crippen LogP contribution is -2.21. The van der Waals surface area contributed by atoms with E-state index < -0.39 is 0 Å². The van der Waals surface area contributed by atoms with Crippen molar-refractivity contribution >= 4 is 28.4 Å². The predicted molar refractivity (Wildman–Crippen MR) is 83.8 cm³/mol. The van der Waals surface area contributed by atoms with Gasteiger partial charge >= 0.3 is 0 Å². The van der Waals surface area contributed by atoms with Gasteiger partial charge in [0.1, 0.15) is 0 Å². The smallest absolute Gasteiger partial charge is 0.0726 e. The number of hydrogen-bond donors (Lipinski definition) is 1. The molecular weight excluding hydrogens is 254 g/mol. The molecule has 1 aromatic heterocycles. The molecule has 4 heteroatoms. The topological polar surface area (TPSA) is 28.2 Å². The third-order valence-electron chi connectivity index (χ3n) is 3.42. The SMILES string of the molecule is CN(C)CCNc1c2c(nc3ccccc13)CSC2. The van der Waals surface area contributed by atoms with Crippen molar-refractivity contribution in [2.75, 3.05) is 32.5 Å². The summed E-state index contributed by atoms with van der Waals surface area (Å²) < 4.78 is 0. The highest BCUT2D eigenvalue weighted by atomic mass is 32.2. The zero-order valence-corrected chi connectivity index (χ0v) is 12.3. The lowest BCUT2D eigenvalue weighted by molar-refractivity contribution is 0.425. The van der Waals surface area contributed by atoms with E-state index >= 15 is 0 Å². The summed E-state index contributed by atoms with van der Waals surface area (Å²) in [4.78, 5) is 6.99. The standard InChI is InChI=1S/C15H19N3S/c1-18(2)8-7-16-15-11-5-3-4-6-13(11)17-14-10-19-9-12(14)15/h3-6H,7-10H2,1-2H3,(H,16,17). The third-order valence-corrected chi connectivity index (χ3v) is 4.40. The fourth-order valence-electron chi connectivity index (χ4n) is 2.43. The van der Waals surface area contributed by atoms with Gasteiger partial charge in [0.15, 0.2) is 0 Å². The second-order valence-corrected chi connectivity index (χ2v) is 6.14. The summed E-state index contributed by atoms with van der Waals surface area (Å²) in [6.45, 7) is 2.01. The summed E-state index contributed by atoms with van der Waals surface area (Å²) in [5, 5.41) is 4.88. The van der Waals surface area contributed by atoms with Crippen LogP contribution >= 0.6 is 11.8 Å². The summed E-state index contributed by atoms with van der Waals surface area (Å²) in [7, 11) is 4.21. The van der Waals surface area contributed by atoms with Crippen LogP contribution in [0.5, 0.6) is 0 Å². The second-order valence-electron chi connectivity index (χ2n) is 5.15. The zero-order chi connectivity index (χ0) is 13.2. The Kier molecular flexibility index (Phi) is 3.62. The molecule has 2 aromatic rings. The number of fused-ring (bicyclic) bond motifs is 2.